The van der Waals surface area contributed by atoms with Crippen LogP contribution < -0.4 is 5.32 Å². The summed E-state index contributed by atoms with van der Waals surface area (Å²) >= 11 is 9.12. The molecule has 0 radical (unpaired) electrons. The molecule has 0 aliphatic carbocycles. The van der Waals surface area contributed by atoms with Crippen molar-refractivity contribution < 1.29 is 4.79 Å². The van der Waals surface area contributed by atoms with Gasteiger partial charge in [0.2, 0.25) is 0 Å². The predicted octanol–water partition coefficient (Wildman–Crippen LogP) is 4.68. The topological polar surface area (TPSA) is 42.0 Å². The summed E-state index contributed by atoms with van der Waals surface area (Å²) in [6, 6.07) is 5.72. The number of carbonyl (C=O) groups is 1. The highest BCUT2D eigenvalue weighted by Crippen LogP contribution is 2.24. The molecule has 1 aromatic carbocycles. The smallest absolute Gasteiger partial charge is 0.256 e. The van der Waals surface area contributed by atoms with E-state index in [1.165, 1.54) is 6.20 Å². The fraction of sp³-hybridized carbons (Fsp3) is 0.200. The Morgan fingerprint density at radius 2 is 1.80 bits per heavy atom. The predicted molar refractivity (Wildman–Crippen MR) is 85.6 cm³/mol. The molecule has 0 saturated carbocycles. The Balaban J connectivity index is 2.31. The number of hydrogen-bond acceptors (Lipinski definition) is 2. The van der Waals surface area contributed by atoms with Crippen molar-refractivity contribution in [2.75, 3.05) is 5.32 Å². The summed E-state index contributed by atoms with van der Waals surface area (Å²) in [6.07, 6.45) is 1.53. The first kappa shape index (κ1) is 15.0. The summed E-state index contributed by atoms with van der Waals surface area (Å²) in [6.45, 7) is 5.89. The van der Waals surface area contributed by atoms with Crippen molar-refractivity contribution in [2.45, 2.75) is 20.8 Å². The van der Waals surface area contributed by atoms with Crippen molar-refractivity contribution in [1.82, 2.24) is 4.98 Å². The number of pyridine rings is 1. The molecule has 0 aliphatic heterocycles. The largest absolute Gasteiger partial charge is 0.321 e. The van der Waals surface area contributed by atoms with E-state index in [0.29, 0.717) is 20.9 Å². The highest BCUT2D eigenvalue weighted by molar-refractivity contribution is 9.10. The first-order valence-electron chi connectivity index (χ1n) is 6.08. The summed E-state index contributed by atoms with van der Waals surface area (Å²) in [5.41, 5.74) is 4.36. The molecule has 1 heterocycles. The van der Waals surface area contributed by atoms with E-state index in [1.807, 2.05) is 32.9 Å². The Hall–Kier alpha value is -1.39. The van der Waals surface area contributed by atoms with Crippen LogP contribution in [0.25, 0.3) is 0 Å². The minimum absolute atomic E-state index is 0.143. The molecule has 0 fully saturated rings. The number of nitrogens with one attached hydrogen (secondary N) is 1. The molecule has 5 heteroatoms. The first-order valence-corrected chi connectivity index (χ1v) is 7.26. The normalized spacial score (nSPS) is 10.4. The Morgan fingerprint density at radius 3 is 2.35 bits per heavy atom. The zero-order valence-electron chi connectivity index (χ0n) is 11.4. The van der Waals surface area contributed by atoms with E-state index in [0.717, 1.165) is 16.7 Å². The van der Waals surface area contributed by atoms with E-state index in [9.17, 15) is 4.79 Å². The third-order valence-electron chi connectivity index (χ3n) is 2.96. The first-order chi connectivity index (χ1) is 9.38. The van der Waals surface area contributed by atoms with Gasteiger partial charge in [0.1, 0.15) is 5.15 Å². The third-order valence-corrected chi connectivity index (χ3v) is 4.09. The number of benzene rings is 1. The van der Waals surface area contributed by atoms with E-state index in [4.69, 9.17) is 11.6 Å². The Labute approximate surface area is 131 Å². The van der Waals surface area contributed by atoms with Crippen LogP contribution in [0.5, 0.6) is 0 Å². The van der Waals surface area contributed by atoms with Gasteiger partial charge in [0.15, 0.2) is 0 Å². The van der Waals surface area contributed by atoms with Crippen LogP contribution in [-0.2, 0) is 0 Å². The van der Waals surface area contributed by atoms with Crippen LogP contribution in [0, 0.1) is 20.8 Å². The SMILES string of the molecule is Cc1cc(C)c(C(=O)Nc2cnc(Cl)c(Br)c2)c(C)c1. The molecule has 1 N–H and O–H groups in total. The third kappa shape index (κ3) is 3.19. The standard InChI is InChI=1S/C15H14BrClN2O/c1-8-4-9(2)13(10(3)5-8)15(20)19-11-6-12(16)14(17)18-7-11/h4-7H,1-3H3,(H,19,20). The zero-order chi connectivity index (χ0) is 14.9. The highest BCUT2D eigenvalue weighted by atomic mass is 79.9. The van der Waals surface area contributed by atoms with Gasteiger partial charge in [-0.25, -0.2) is 4.98 Å². The summed E-state index contributed by atoms with van der Waals surface area (Å²) in [5, 5.41) is 3.20. The molecule has 0 saturated heterocycles. The average Bonchev–Trinajstić information content (AvgIpc) is 2.32. The number of anilines is 1. The van der Waals surface area contributed by atoms with Gasteiger partial charge in [-0.2, -0.15) is 0 Å². The molecule has 3 nitrogen and oxygen atoms in total. The number of carbonyl (C=O) groups excluding carboxylic acids is 1. The number of nitrogens with zero attached hydrogens (tertiary/aromatic N) is 1. The molecule has 0 bridgehead atoms. The van der Waals surface area contributed by atoms with Gasteiger partial charge in [0.05, 0.1) is 16.4 Å². The molecule has 0 aliphatic rings. The van der Waals surface area contributed by atoms with Gasteiger partial charge in [-0.15, -0.1) is 0 Å². The number of aromatic nitrogens is 1. The molecule has 1 aromatic heterocycles. The average molecular weight is 354 g/mol. The maximum Gasteiger partial charge on any atom is 0.256 e. The fourth-order valence-corrected chi connectivity index (χ4v) is 2.67. The van der Waals surface area contributed by atoms with Crippen molar-refractivity contribution >= 4 is 39.1 Å². The molecule has 2 rings (SSSR count). The van der Waals surface area contributed by atoms with Crippen LogP contribution in [0.4, 0.5) is 5.69 Å². The van der Waals surface area contributed by atoms with Gasteiger partial charge in [0, 0.05) is 5.56 Å². The lowest BCUT2D eigenvalue weighted by molar-refractivity contribution is 0.102. The molecular formula is C15H14BrClN2O. The van der Waals surface area contributed by atoms with Crippen molar-refractivity contribution in [3.05, 3.63) is 56.3 Å². The van der Waals surface area contributed by atoms with E-state index < -0.39 is 0 Å². The van der Waals surface area contributed by atoms with Crippen LogP contribution in [0.2, 0.25) is 5.15 Å². The molecule has 2 aromatic rings. The number of amides is 1. The molecule has 0 atom stereocenters. The summed E-state index contributed by atoms with van der Waals surface area (Å²) in [5.74, 6) is -0.143. The minimum Gasteiger partial charge on any atom is -0.321 e. The quantitative estimate of drug-likeness (QED) is 0.797. The Bertz CT molecular complexity index is 663. The van der Waals surface area contributed by atoms with Gasteiger partial charge in [-0.3, -0.25) is 4.79 Å². The maximum absolute atomic E-state index is 12.4. The Morgan fingerprint density at radius 1 is 1.20 bits per heavy atom. The number of rotatable bonds is 2. The minimum atomic E-state index is -0.143. The van der Waals surface area contributed by atoms with Crippen molar-refractivity contribution in [2.24, 2.45) is 0 Å². The fourth-order valence-electron chi connectivity index (χ4n) is 2.22. The van der Waals surface area contributed by atoms with E-state index >= 15 is 0 Å². The zero-order valence-corrected chi connectivity index (χ0v) is 13.8. The van der Waals surface area contributed by atoms with Crippen molar-refractivity contribution in [3.63, 3.8) is 0 Å². The molecule has 104 valence electrons. The van der Waals surface area contributed by atoms with Gasteiger partial charge >= 0.3 is 0 Å². The number of aryl methyl sites for hydroxylation is 3. The van der Waals surface area contributed by atoms with Crippen LogP contribution >= 0.6 is 27.5 Å². The van der Waals surface area contributed by atoms with Crippen LogP contribution in [0.3, 0.4) is 0 Å². The van der Waals surface area contributed by atoms with E-state index in [-0.39, 0.29) is 5.91 Å². The molecule has 0 spiro atoms. The van der Waals surface area contributed by atoms with E-state index in [2.05, 4.69) is 26.2 Å². The second-order valence-corrected chi connectivity index (χ2v) is 5.94. The number of halogens is 2. The molecule has 1 amide bonds. The second kappa shape index (κ2) is 5.94. The van der Waals surface area contributed by atoms with Crippen LogP contribution in [0.15, 0.2) is 28.9 Å². The van der Waals surface area contributed by atoms with Crippen molar-refractivity contribution in [1.29, 1.82) is 0 Å². The van der Waals surface area contributed by atoms with Crippen LogP contribution in [-0.4, -0.2) is 10.9 Å². The number of hydrogen-bond donors (Lipinski definition) is 1. The summed E-state index contributed by atoms with van der Waals surface area (Å²) < 4.78 is 0.648. The van der Waals surface area contributed by atoms with Crippen LogP contribution in [0.1, 0.15) is 27.0 Å². The molecular weight excluding hydrogens is 340 g/mol. The van der Waals surface area contributed by atoms with E-state index in [1.54, 1.807) is 6.07 Å². The molecule has 0 unspecified atom stereocenters. The lowest BCUT2D eigenvalue weighted by Gasteiger charge is -2.12. The summed E-state index contributed by atoms with van der Waals surface area (Å²) in [7, 11) is 0. The maximum atomic E-state index is 12.4. The lowest BCUT2D eigenvalue weighted by atomic mass is 9.99. The van der Waals surface area contributed by atoms with Gasteiger partial charge < -0.3 is 5.32 Å². The van der Waals surface area contributed by atoms with Gasteiger partial charge in [0.25, 0.3) is 5.91 Å². The molecule has 20 heavy (non-hydrogen) atoms. The highest BCUT2D eigenvalue weighted by Gasteiger charge is 2.13. The second-order valence-electron chi connectivity index (χ2n) is 4.72. The van der Waals surface area contributed by atoms with Gasteiger partial charge in [-0.1, -0.05) is 29.3 Å². The van der Waals surface area contributed by atoms with Crippen molar-refractivity contribution in [3.8, 4) is 0 Å². The summed E-state index contributed by atoms with van der Waals surface area (Å²) in [4.78, 5) is 16.4. The van der Waals surface area contributed by atoms with Gasteiger partial charge in [-0.05, 0) is 53.9 Å². The lowest BCUT2D eigenvalue weighted by Crippen LogP contribution is -2.15. The monoisotopic (exact) mass is 352 g/mol. The Kier molecular flexibility index (Phi) is 4.45.